The first-order chi connectivity index (χ1) is 13.6. The maximum absolute atomic E-state index is 13.0. The molecule has 0 aromatic carbocycles. The van der Waals surface area contributed by atoms with Crippen LogP contribution in [-0.4, -0.2) is 61.6 Å². The minimum absolute atomic E-state index is 0.0584. The van der Waals surface area contributed by atoms with Gasteiger partial charge in [0.1, 0.15) is 6.10 Å². The summed E-state index contributed by atoms with van der Waals surface area (Å²) < 4.78 is 6.03. The molecule has 0 radical (unpaired) electrons. The highest BCUT2D eigenvalue weighted by atomic mass is 16.6. The Morgan fingerprint density at radius 2 is 1.83 bits per heavy atom. The van der Waals surface area contributed by atoms with E-state index in [1.165, 1.54) is 44.3 Å². The molecule has 5 rings (SSSR count). The van der Waals surface area contributed by atoms with Gasteiger partial charge in [-0.1, -0.05) is 32.9 Å². The lowest BCUT2D eigenvalue weighted by atomic mass is 9.55. The van der Waals surface area contributed by atoms with Crippen LogP contribution in [0.1, 0.15) is 59.3 Å². The Hall–Kier alpha value is -0.870. The van der Waals surface area contributed by atoms with E-state index in [-0.39, 0.29) is 18.0 Å². The van der Waals surface area contributed by atoms with Gasteiger partial charge < -0.3 is 14.5 Å². The van der Waals surface area contributed by atoms with E-state index in [2.05, 4.69) is 44.2 Å². The van der Waals surface area contributed by atoms with Crippen molar-refractivity contribution in [1.82, 2.24) is 9.80 Å². The third kappa shape index (κ3) is 3.39. The maximum atomic E-state index is 13.0. The zero-order valence-electron chi connectivity index (χ0n) is 19.0. The third-order valence-corrected chi connectivity index (χ3v) is 9.14. The van der Waals surface area contributed by atoms with Gasteiger partial charge in [-0.25, -0.2) is 0 Å². The Morgan fingerprint density at radius 3 is 2.52 bits per heavy atom. The van der Waals surface area contributed by atoms with Crippen LogP contribution in [0.3, 0.4) is 0 Å². The van der Waals surface area contributed by atoms with E-state index < -0.39 is 0 Å². The van der Waals surface area contributed by atoms with Crippen LogP contribution in [0.25, 0.3) is 0 Å². The quantitative estimate of drug-likeness (QED) is 0.519. The Labute approximate surface area is 177 Å². The van der Waals surface area contributed by atoms with Crippen LogP contribution in [0.2, 0.25) is 0 Å². The van der Waals surface area contributed by atoms with Crippen LogP contribution < -0.4 is 0 Å². The Morgan fingerprint density at radius 1 is 1.14 bits per heavy atom. The van der Waals surface area contributed by atoms with Gasteiger partial charge in [-0.15, -0.1) is 0 Å². The molecular weight excluding hydrogens is 360 g/mol. The summed E-state index contributed by atoms with van der Waals surface area (Å²) in [5.41, 5.74) is 2.40. The number of hydrogen-bond donors (Lipinski definition) is 0. The number of nitrogens with zero attached hydrogens (tertiary/aromatic N) is 2. The number of rotatable bonds is 2. The number of hydrogen-bond acceptors (Lipinski definition) is 4. The largest absolute Gasteiger partial charge is 0.462 e. The molecule has 29 heavy (non-hydrogen) atoms. The van der Waals surface area contributed by atoms with Crippen LogP contribution in [0, 0.1) is 34.0 Å². The number of esters is 1. The smallest absolute Gasteiger partial charge is 0.310 e. The molecule has 4 nitrogen and oxygen atoms in total. The first-order valence-electron chi connectivity index (χ1n) is 11.9. The highest BCUT2D eigenvalue weighted by molar-refractivity contribution is 5.75. The molecule has 2 saturated carbocycles. The number of ether oxygens (including phenoxy) is 1. The molecule has 0 aromatic heterocycles. The maximum Gasteiger partial charge on any atom is 0.310 e. The van der Waals surface area contributed by atoms with Crippen molar-refractivity contribution in [2.24, 2.45) is 34.0 Å². The minimum atomic E-state index is 0.0584. The van der Waals surface area contributed by atoms with E-state index >= 15 is 0 Å². The molecule has 5 fully saturated rings. The molecule has 0 aromatic rings. The predicted octanol–water partition coefficient (Wildman–Crippen LogP) is 3.96. The number of fused-ring (bicyclic) bond motifs is 4. The second-order valence-electron chi connectivity index (χ2n) is 12.5. The summed E-state index contributed by atoms with van der Waals surface area (Å²) in [6.45, 7) is 17.2. The SMILES string of the molecule is C=C1CCC[C@]2(C)C[C@H]3OC(=O)[C@H](CN4C[C@@]5(C)CN(C)C[C@](C)(C4)C5)[C@H]3C[C@@H]12. The van der Waals surface area contributed by atoms with Crippen molar-refractivity contribution < 1.29 is 9.53 Å². The first kappa shape index (κ1) is 20.1. The van der Waals surface area contributed by atoms with Gasteiger partial charge in [-0.3, -0.25) is 4.79 Å². The fourth-order valence-electron chi connectivity index (χ4n) is 8.72. The number of piperidine rings is 2. The molecule has 2 aliphatic carbocycles. The van der Waals surface area contributed by atoms with E-state index in [0.29, 0.717) is 28.1 Å². The first-order valence-corrected chi connectivity index (χ1v) is 11.9. The van der Waals surface area contributed by atoms with Gasteiger partial charge >= 0.3 is 5.97 Å². The summed E-state index contributed by atoms with van der Waals surface area (Å²) in [4.78, 5) is 18.1. The third-order valence-electron chi connectivity index (χ3n) is 9.14. The molecule has 3 heterocycles. The number of carbonyl (C=O) groups is 1. The highest BCUT2D eigenvalue weighted by Gasteiger charge is 2.56. The van der Waals surface area contributed by atoms with Gasteiger partial charge in [0.25, 0.3) is 0 Å². The molecule has 7 atom stereocenters. The summed E-state index contributed by atoms with van der Waals surface area (Å²) in [6.07, 6.45) is 7.29. The molecule has 5 aliphatic rings. The summed E-state index contributed by atoms with van der Waals surface area (Å²) >= 11 is 0. The van der Waals surface area contributed by atoms with Gasteiger partial charge in [0.2, 0.25) is 0 Å². The lowest BCUT2D eigenvalue weighted by Gasteiger charge is -2.56. The molecule has 3 aliphatic heterocycles. The molecule has 0 amide bonds. The topological polar surface area (TPSA) is 32.8 Å². The van der Waals surface area contributed by atoms with Crippen molar-refractivity contribution in [3.05, 3.63) is 12.2 Å². The van der Waals surface area contributed by atoms with E-state index in [4.69, 9.17) is 4.74 Å². The highest BCUT2D eigenvalue weighted by Crippen LogP contribution is 2.57. The normalized spacial score (nSPS) is 50.8. The lowest BCUT2D eigenvalue weighted by molar-refractivity contribution is -0.147. The predicted molar refractivity (Wildman–Crippen MR) is 115 cm³/mol. The van der Waals surface area contributed by atoms with Crippen LogP contribution in [-0.2, 0) is 9.53 Å². The Bertz CT molecular complexity index is 702. The summed E-state index contributed by atoms with van der Waals surface area (Å²) in [7, 11) is 2.26. The Balaban J connectivity index is 1.33. The number of carbonyl (C=O) groups excluding carboxylic acids is 1. The lowest BCUT2D eigenvalue weighted by Crippen LogP contribution is -2.62. The van der Waals surface area contributed by atoms with Crippen LogP contribution in [0.15, 0.2) is 12.2 Å². The van der Waals surface area contributed by atoms with Gasteiger partial charge in [-0.2, -0.15) is 0 Å². The fraction of sp³-hybridized carbons (Fsp3) is 0.880. The van der Waals surface area contributed by atoms with Gasteiger partial charge in [0, 0.05) is 38.6 Å². The van der Waals surface area contributed by atoms with Crippen molar-refractivity contribution in [3.63, 3.8) is 0 Å². The standard InChI is InChI=1S/C25H40N2O2/c1-17-7-6-8-25(4)10-21-18(9-20(17)25)19(22(28)29-21)11-27-15-23(2)12-24(3,16-27)14-26(5)13-23/h18-21H,1,6-16H2,2-5H3/t18-,19-,20+,21-,23-,24-,25-/m1/s1. The number of likely N-dealkylation sites (tertiary alicyclic amines) is 2. The van der Waals surface area contributed by atoms with Crippen molar-refractivity contribution in [3.8, 4) is 0 Å². The van der Waals surface area contributed by atoms with Crippen LogP contribution >= 0.6 is 0 Å². The fourth-order valence-corrected chi connectivity index (χ4v) is 8.72. The van der Waals surface area contributed by atoms with Crippen LogP contribution in [0.4, 0.5) is 0 Å². The zero-order chi connectivity index (χ0) is 20.6. The van der Waals surface area contributed by atoms with E-state index in [9.17, 15) is 4.79 Å². The average molecular weight is 401 g/mol. The average Bonchev–Trinajstić information content (AvgIpc) is 2.84. The molecule has 0 spiro atoms. The van der Waals surface area contributed by atoms with Crippen molar-refractivity contribution in [2.75, 3.05) is 39.8 Å². The summed E-state index contributed by atoms with van der Waals surface area (Å²) in [6, 6.07) is 0. The molecule has 4 heteroatoms. The van der Waals surface area contributed by atoms with E-state index in [0.717, 1.165) is 32.5 Å². The monoisotopic (exact) mass is 400 g/mol. The molecule has 0 N–H and O–H groups in total. The van der Waals surface area contributed by atoms with Gasteiger partial charge in [0.15, 0.2) is 0 Å². The van der Waals surface area contributed by atoms with Crippen LogP contribution in [0.5, 0.6) is 0 Å². The Kier molecular flexibility index (Phi) is 4.54. The van der Waals surface area contributed by atoms with Gasteiger partial charge in [-0.05, 0) is 67.7 Å². The molecular formula is C25H40N2O2. The number of allylic oxidation sites excluding steroid dienone is 1. The second-order valence-corrected chi connectivity index (χ2v) is 12.5. The second kappa shape index (κ2) is 6.56. The molecule has 3 saturated heterocycles. The van der Waals surface area contributed by atoms with Gasteiger partial charge in [0.05, 0.1) is 5.92 Å². The van der Waals surface area contributed by atoms with E-state index in [1.807, 2.05) is 0 Å². The van der Waals surface area contributed by atoms with Crippen molar-refractivity contribution >= 4 is 5.97 Å². The molecule has 0 unspecified atom stereocenters. The van der Waals surface area contributed by atoms with E-state index in [1.54, 1.807) is 0 Å². The summed E-state index contributed by atoms with van der Waals surface area (Å²) in [5, 5.41) is 0. The summed E-state index contributed by atoms with van der Waals surface area (Å²) in [5.74, 6) is 1.11. The van der Waals surface area contributed by atoms with Crippen molar-refractivity contribution in [1.29, 1.82) is 0 Å². The zero-order valence-corrected chi connectivity index (χ0v) is 19.0. The molecule has 162 valence electrons. The van der Waals surface area contributed by atoms with Crippen molar-refractivity contribution in [2.45, 2.75) is 65.4 Å². The molecule has 2 bridgehead atoms. The minimum Gasteiger partial charge on any atom is -0.462 e.